The van der Waals surface area contributed by atoms with Crippen molar-refractivity contribution in [3.8, 4) is 22.8 Å². The number of nitrogens with zero attached hydrogens (tertiary/aromatic N) is 3. The maximum Gasteiger partial charge on any atom is 0.206 e. The highest BCUT2D eigenvalue weighted by Gasteiger charge is 2.30. The third-order valence-electron chi connectivity index (χ3n) is 5.07. The maximum absolute atomic E-state index is 5.64. The molecule has 1 atom stereocenters. The molecule has 1 fully saturated rings. The Bertz CT molecular complexity index is 924. The van der Waals surface area contributed by atoms with Crippen molar-refractivity contribution in [3.05, 3.63) is 28.4 Å². The molecule has 0 bridgehead atoms. The van der Waals surface area contributed by atoms with Crippen LogP contribution in [0, 0.1) is 11.3 Å². The molecule has 1 aromatic heterocycles. The van der Waals surface area contributed by atoms with Gasteiger partial charge < -0.3 is 9.47 Å². The number of hydrogen-bond donors (Lipinski definition) is 0. The zero-order valence-electron chi connectivity index (χ0n) is 17.8. The average molecular weight is 402 g/mol. The van der Waals surface area contributed by atoms with Gasteiger partial charge in [-0.1, -0.05) is 20.8 Å². The van der Waals surface area contributed by atoms with E-state index in [0.29, 0.717) is 5.92 Å². The molecule has 1 aliphatic rings. The zero-order valence-corrected chi connectivity index (χ0v) is 18.6. The zero-order chi connectivity index (χ0) is 20.3. The van der Waals surface area contributed by atoms with E-state index >= 15 is 0 Å². The van der Waals surface area contributed by atoms with Gasteiger partial charge in [0.15, 0.2) is 0 Å². The van der Waals surface area contributed by atoms with Crippen LogP contribution in [-0.2, 0) is 0 Å². The summed E-state index contributed by atoms with van der Waals surface area (Å²) in [7, 11) is 3.35. The SMILES string of the molecule is CCN=c1scc(-c2ccc(OC)cc2OC)n1/N=C1/C[C@@H](C)CC(C)(C)C1. The van der Waals surface area contributed by atoms with Gasteiger partial charge in [-0.3, -0.25) is 4.99 Å². The second-order valence-electron chi connectivity index (χ2n) is 8.28. The molecule has 1 heterocycles. The minimum absolute atomic E-state index is 0.285. The van der Waals surface area contributed by atoms with Crippen LogP contribution in [0.4, 0.5) is 0 Å². The van der Waals surface area contributed by atoms with Gasteiger partial charge in [0.2, 0.25) is 4.80 Å². The van der Waals surface area contributed by atoms with Crippen molar-refractivity contribution in [2.45, 2.75) is 47.0 Å². The van der Waals surface area contributed by atoms with Gasteiger partial charge in [-0.15, -0.1) is 11.3 Å². The van der Waals surface area contributed by atoms with Crippen LogP contribution < -0.4 is 14.3 Å². The molecule has 5 nitrogen and oxygen atoms in total. The molecule has 1 aliphatic carbocycles. The van der Waals surface area contributed by atoms with E-state index in [1.807, 2.05) is 22.9 Å². The molecule has 0 unspecified atom stereocenters. The fraction of sp³-hybridized carbons (Fsp3) is 0.545. The molecule has 6 heteroatoms. The van der Waals surface area contributed by atoms with Gasteiger partial charge in [-0.05, 0) is 49.7 Å². The van der Waals surface area contributed by atoms with Crippen molar-refractivity contribution in [1.82, 2.24) is 4.68 Å². The van der Waals surface area contributed by atoms with Crippen LogP contribution in [0.25, 0.3) is 11.3 Å². The van der Waals surface area contributed by atoms with Crippen molar-refractivity contribution in [1.29, 1.82) is 0 Å². The molecule has 0 radical (unpaired) electrons. The topological polar surface area (TPSA) is 48.1 Å². The lowest BCUT2D eigenvalue weighted by Crippen LogP contribution is -2.29. The Balaban J connectivity index is 2.13. The molecule has 2 aromatic rings. The fourth-order valence-corrected chi connectivity index (χ4v) is 5.05. The number of methoxy groups -OCH3 is 2. The largest absolute Gasteiger partial charge is 0.497 e. The summed E-state index contributed by atoms with van der Waals surface area (Å²) in [6.45, 7) is 9.77. The highest BCUT2D eigenvalue weighted by atomic mass is 32.1. The first-order valence-electron chi connectivity index (χ1n) is 9.87. The lowest BCUT2D eigenvalue weighted by atomic mass is 9.72. The van der Waals surface area contributed by atoms with Gasteiger partial charge in [0.05, 0.1) is 19.9 Å². The molecule has 0 saturated heterocycles. The first-order chi connectivity index (χ1) is 13.4. The van der Waals surface area contributed by atoms with Gasteiger partial charge in [-0.2, -0.15) is 5.10 Å². The molecule has 1 aromatic carbocycles. The highest BCUT2D eigenvalue weighted by molar-refractivity contribution is 7.07. The van der Waals surface area contributed by atoms with E-state index in [1.165, 1.54) is 12.1 Å². The minimum atomic E-state index is 0.285. The Morgan fingerprint density at radius 2 is 2.04 bits per heavy atom. The van der Waals surface area contributed by atoms with E-state index in [-0.39, 0.29) is 5.41 Å². The van der Waals surface area contributed by atoms with Crippen molar-refractivity contribution in [2.75, 3.05) is 20.8 Å². The second-order valence-corrected chi connectivity index (χ2v) is 9.11. The summed E-state index contributed by atoms with van der Waals surface area (Å²) in [6, 6.07) is 5.89. The van der Waals surface area contributed by atoms with Crippen LogP contribution in [0.1, 0.15) is 47.0 Å². The lowest BCUT2D eigenvalue weighted by Gasteiger charge is -2.34. The molecule has 0 N–H and O–H groups in total. The quantitative estimate of drug-likeness (QED) is 0.691. The third-order valence-corrected chi connectivity index (χ3v) is 5.93. The molecule has 1 saturated carbocycles. The molecule has 0 aliphatic heterocycles. The van der Waals surface area contributed by atoms with E-state index < -0.39 is 0 Å². The summed E-state index contributed by atoms with van der Waals surface area (Å²) < 4.78 is 13.0. The van der Waals surface area contributed by atoms with Crippen LogP contribution in [0.5, 0.6) is 11.5 Å². The van der Waals surface area contributed by atoms with Crippen LogP contribution in [-0.4, -0.2) is 31.2 Å². The Hall–Kier alpha value is -2.08. The first-order valence-corrected chi connectivity index (χ1v) is 10.7. The van der Waals surface area contributed by atoms with Gasteiger partial charge in [-0.25, -0.2) is 4.68 Å². The molecule has 152 valence electrons. The Labute approximate surface area is 171 Å². The number of aromatic nitrogens is 1. The van der Waals surface area contributed by atoms with Crippen molar-refractivity contribution in [2.24, 2.45) is 21.4 Å². The van der Waals surface area contributed by atoms with Crippen molar-refractivity contribution < 1.29 is 9.47 Å². The molecule has 28 heavy (non-hydrogen) atoms. The number of thiazole rings is 1. The predicted octanol–water partition coefficient (Wildman–Crippen LogP) is 5.20. The summed E-state index contributed by atoms with van der Waals surface area (Å²) in [4.78, 5) is 5.59. The number of rotatable bonds is 5. The standard InChI is InChI=1S/C22H31N3O2S/c1-7-23-21-25(24-16-10-15(2)12-22(3,4)13-16)19(14-28-21)18-9-8-17(26-5)11-20(18)27-6/h8-9,11,14-15H,7,10,12-13H2,1-6H3/b23-21?,24-16-/t15-/m1/s1. The van der Waals surface area contributed by atoms with Crippen LogP contribution in [0.2, 0.25) is 0 Å². The monoisotopic (exact) mass is 401 g/mol. The van der Waals surface area contributed by atoms with E-state index in [2.05, 4.69) is 38.1 Å². The average Bonchev–Trinajstić information content (AvgIpc) is 3.02. The van der Waals surface area contributed by atoms with Crippen molar-refractivity contribution >= 4 is 17.0 Å². The van der Waals surface area contributed by atoms with Crippen LogP contribution >= 0.6 is 11.3 Å². The first kappa shape index (κ1) is 20.6. The van der Waals surface area contributed by atoms with Gasteiger partial charge >= 0.3 is 0 Å². The molecule has 0 spiro atoms. The minimum Gasteiger partial charge on any atom is -0.497 e. The van der Waals surface area contributed by atoms with E-state index in [1.54, 1.807) is 25.6 Å². The number of hydrogen-bond acceptors (Lipinski definition) is 5. The smallest absolute Gasteiger partial charge is 0.206 e. The Kier molecular flexibility index (Phi) is 6.28. The predicted molar refractivity (Wildman–Crippen MR) is 117 cm³/mol. The van der Waals surface area contributed by atoms with E-state index in [9.17, 15) is 0 Å². The highest BCUT2D eigenvalue weighted by Crippen LogP contribution is 2.38. The Morgan fingerprint density at radius 3 is 2.68 bits per heavy atom. The normalized spacial score (nSPS) is 21.1. The summed E-state index contributed by atoms with van der Waals surface area (Å²) >= 11 is 1.62. The summed E-state index contributed by atoms with van der Waals surface area (Å²) in [5.74, 6) is 2.19. The maximum atomic E-state index is 5.64. The van der Waals surface area contributed by atoms with Crippen LogP contribution in [0.15, 0.2) is 33.7 Å². The molecular formula is C22H31N3O2S. The van der Waals surface area contributed by atoms with Crippen molar-refractivity contribution in [3.63, 3.8) is 0 Å². The van der Waals surface area contributed by atoms with Gasteiger partial charge in [0.25, 0.3) is 0 Å². The molecule has 0 amide bonds. The van der Waals surface area contributed by atoms with Crippen LogP contribution in [0.3, 0.4) is 0 Å². The summed E-state index contributed by atoms with van der Waals surface area (Å²) in [6.07, 6.45) is 3.30. The number of benzene rings is 1. The van der Waals surface area contributed by atoms with E-state index in [0.717, 1.165) is 46.9 Å². The Morgan fingerprint density at radius 1 is 1.25 bits per heavy atom. The summed E-state index contributed by atoms with van der Waals surface area (Å²) in [5.41, 5.74) is 3.52. The fourth-order valence-electron chi connectivity index (χ4n) is 4.17. The third kappa shape index (κ3) is 4.49. The van der Waals surface area contributed by atoms with Gasteiger partial charge in [0, 0.05) is 29.3 Å². The van der Waals surface area contributed by atoms with E-state index in [4.69, 9.17) is 14.6 Å². The molecular weight excluding hydrogens is 370 g/mol. The van der Waals surface area contributed by atoms with Gasteiger partial charge in [0.1, 0.15) is 11.5 Å². The number of ether oxygens (including phenoxy) is 2. The summed E-state index contributed by atoms with van der Waals surface area (Å²) in [5, 5.41) is 7.21. The second kappa shape index (κ2) is 8.52. The lowest BCUT2D eigenvalue weighted by molar-refractivity contribution is 0.265. The molecule has 3 rings (SSSR count).